The summed E-state index contributed by atoms with van der Waals surface area (Å²) in [7, 11) is 2.06. The molecule has 0 amide bonds. The predicted molar refractivity (Wildman–Crippen MR) is 79.9 cm³/mol. The molecule has 0 spiro atoms. The molecule has 18 heavy (non-hydrogen) atoms. The number of benzene rings is 1. The maximum atomic E-state index is 13.3. The number of rotatable bonds is 6. The van der Waals surface area contributed by atoms with E-state index in [1.54, 1.807) is 6.07 Å². The van der Waals surface area contributed by atoms with Crippen molar-refractivity contribution in [3.8, 4) is 0 Å². The van der Waals surface area contributed by atoms with E-state index >= 15 is 0 Å². The highest BCUT2D eigenvalue weighted by molar-refractivity contribution is 7.98. The molecule has 2 atom stereocenters. The van der Waals surface area contributed by atoms with E-state index in [4.69, 9.17) is 5.73 Å². The van der Waals surface area contributed by atoms with Crippen molar-refractivity contribution in [3.63, 3.8) is 0 Å². The Kier molecular flexibility index (Phi) is 5.96. The van der Waals surface area contributed by atoms with Crippen LogP contribution < -0.4 is 10.6 Å². The first kappa shape index (κ1) is 15.3. The van der Waals surface area contributed by atoms with Crippen molar-refractivity contribution in [3.05, 3.63) is 29.6 Å². The summed E-state index contributed by atoms with van der Waals surface area (Å²) < 4.78 is 13.3. The van der Waals surface area contributed by atoms with Crippen molar-refractivity contribution in [1.82, 2.24) is 0 Å². The first-order valence-corrected chi connectivity index (χ1v) is 7.67. The molecule has 0 aliphatic carbocycles. The molecule has 0 radical (unpaired) electrons. The van der Waals surface area contributed by atoms with Crippen molar-refractivity contribution >= 4 is 17.4 Å². The number of thioether (sulfide) groups is 1. The van der Waals surface area contributed by atoms with Gasteiger partial charge >= 0.3 is 0 Å². The molecule has 0 aliphatic rings. The van der Waals surface area contributed by atoms with E-state index in [0.717, 1.165) is 23.4 Å². The first-order valence-electron chi connectivity index (χ1n) is 6.28. The van der Waals surface area contributed by atoms with Crippen LogP contribution in [-0.2, 0) is 0 Å². The fourth-order valence-corrected chi connectivity index (χ4v) is 2.95. The van der Waals surface area contributed by atoms with Gasteiger partial charge in [0, 0.05) is 30.6 Å². The summed E-state index contributed by atoms with van der Waals surface area (Å²) in [5.41, 5.74) is 7.85. The summed E-state index contributed by atoms with van der Waals surface area (Å²) in [4.78, 5) is 2.22. The third kappa shape index (κ3) is 3.62. The summed E-state index contributed by atoms with van der Waals surface area (Å²) in [6, 6.07) is 5.16. The maximum absolute atomic E-state index is 13.3. The van der Waals surface area contributed by atoms with E-state index in [1.165, 1.54) is 6.07 Å². The molecule has 1 unspecified atom stereocenters. The fraction of sp³-hybridized carbons (Fsp3) is 0.571. The topological polar surface area (TPSA) is 29.3 Å². The molecule has 4 heteroatoms. The van der Waals surface area contributed by atoms with Gasteiger partial charge in [0.05, 0.1) is 0 Å². The molecule has 0 saturated carbocycles. The van der Waals surface area contributed by atoms with Gasteiger partial charge in [0.15, 0.2) is 0 Å². The zero-order chi connectivity index (χ0) is 13.7. The van der Waals surface area contributed by atoms with Crippen LogP contribution in [0.1, 0.15) is 31.9 Å². The normalized spacial score (nSPS) is 14.3. The molecule has 0 bridgehead atoms. The average Bonchev–Trinajstić information content (AvgIpc) is 2.35. The highest BCUT2D eigenvalue weighted by atomic mass is 32.2. The molecule has 102 valence electrons. The van der Waals surface area contributed by atoms with Gasteiger partial charge in [0.1, 0.15) is 5.82 Å². The molecule has 1 aromatic rings. The summed E-state index contributed by atoms with van der Waals surface area (Å²) >= 11 is 1.83. The number of hydrogen-bond acceptors (Lipinski definition) is 3. The quantitative estimate of drug-likeness (QED) is 0.859. The molecule has 0 aliphatic heterocycles. The van der Waals surface area contributed by atoms with Crippen LogP contribution in [0.3, 0.4) is 0 Å². The molecular weight excluding hydrogens is 247 g/mol. The SMILES string of the molecule is CCC(CSC)N(C)c1ccc(F)cc1[C@H](C)N. The minimum atomic E-state index is -0.225. The Morgan fingerprint density at radius 2 is 2.11 bits per heavy atom. The highest BCUT2D eigenvalue weighted by Gasteiger charge is 2.17. The second kappa shape index (κ2) is 7.00. The second-order valence-corrected chi connectivity index (χ2v) is 5.53. The molecule has 0 saturated heterocycles. The average molecular weight is 270 g/mol. The maximum Gasteiger partial charge on any atom is 0.123 e. The van der Waals surface area contributed by atoms with Gasteiger partial charge in [-0.25, -0.2) is 4.39 Å². The van der Waals surface area contributed by atoms with Gasteiger partial charge in [-0.3, -0.25) is 0 Å². The lowest BCUT2D eigenvalue weighted by atomic mass is 10.0. The van der Waals surface area contributed by atoms with E-state index in [-0.39, 0.29) is 11.9 Å². The Morgan fingerprint density at radius 1 is 1.44 bits per heavy atom. The van der Waals surface area contributed by atoms with Crippen LogP contribution in [0.2, 0.25) is 0 Å². The van der Waals surface area contributed by atoms with Crippen LogP contribution in [0.25, 0.3) is 0 Å². The fourth-order valence-electron chi connectivity index (χ4n) is 2.10. The lowest BCUT2D eigenvalue weighted by molar-refractivity contribution is 0.618. The Bertz CT molecular complexity index is 382. The molecule has 2 nitrogen and oxygen atoms in total. The monoisotopic (exact) mass is 270 g/mol. The molecule has 0 fully saturated rings. The van der Waals surface area contributed by atoms with Crippen molar-refractivity contribution in [1.29, 1.82) is 0 Å². The standard InChI is InChI=1S/C14H23FN2S/c1-5-12(9-18-4)17(3)14-7-6-11(15)8-13(14)10(2)16/h6-8,10,12H,5,9,16H2,1-4H3/t10-,12?/m0/s1. The van der Waals surface area contributed by atoms with Crippen LogP contribution in [0.4, 0.5) is 10.1 Å². The zero-order valence-electron chi connectivity index (χ0n) is 11.6. The molecule has 1 aromatic carbocycles. The molecule has 0 heterocycles. The lowest BCUT2D eigenvalue weighted by Gasteiger charge is -2.31. The molecule has 0 aromatic heterocycles. The van der Waals surface area contributed by atoms with Crippen LogP contribution in [0, 0.1) is 5.82 Å². The molecule has 2 N–H and O–H groups in total. The molecule has 1 rings (SSSR count). The number of halogens is 1. The third-order valence-corrected chi connectivity index (χ3v) is 3.96. The van der Waals surface area contributed by atoms with E-state index < -0.39 is 0 Å². The van der Waals surface area contributed by atoms with Crippen molar-refractivity contribution in [2.75, 3.05) is 24.0 Å². The van der Waals surface area contributed by atoms with Gasteiger partial charge in [-0.05, 0) is 43.4 Å². The van der Waals surface area contributed by atoms with Gasteiger partial charge in [-0.15, -0.1) is 0 Å². The van der Waals surface area contributed by atoms with Gasteiger partial charge in [0.25, 0.3) is 0 Å². The van der Waals surface area contributed by atoms with Crippen LogP contribution in [-0.4, -0.2) is 25.1 Å². The van der Waals surface area contributed by atoms with Crippen LogP contribution in [0.5, 0.6) is 0 Å². The first-order chi connectivity index (χ1) is 8.51. The van der Waals surface area contributed by atoms with Crippen molar-refractivity contribution < 1.29 is 4.39 Å². The Balaban J connectivity index is 3.07. The highest BCUT2D eigenvalue weighted by Crippen LogP contribution is 2.28. The molecular formula is C14H23FN2S. The van der Waals surface area contributed by atoms with Crippen molar-refractivity contribution in [2.24, 2.45) is 5.73 Å². The number of hydrogen-bond donors (Lipinski definition) is 1. The summed E-state index contributed by atoms with van der Waals surface area (Å²) in [6.07, 6.45) is 3.17. The Morgan fingerprint density at radius 3 is 2.61 bits per heavy atom. The number of anilines is 1. The summed E-state index contributed by atoms with van der Waals surface area (Å²) in [6.45, 7) is 4.06. The van der Waals surface area contributed by atoms with E-state index in [9.17, 15) is 4.39 Å². The number of nitrogens with zero attached hydrogens (tertiary/aromatic N) is 1. The van der Waals surface area contributed by atoms with Crippen molar-refractivity contribution in [2.45, 2.75) is 32.4 Å². The Labute approximate surface area is 114 Å². The van der Waals surface area contributed by atoms with Crippen LogP contribution >= 0.6 is 11.8 Å². The minimum absolute atomic E-state index is 0.162. The van der Waals surface area contributed by atoms with Gasteiger partial charge in [-0.2, -0.15) is 11.8 Å². The predicted octanol–water partition coefficient (Wildman–Crippen LogP) is 3.42. The summed E-state index contributed by atoms with van der Waals surface area (Å²) in [5.74, 6) is 0.834. The van der Waals surface area contributed by atoms with Gasteiger partial charge < -0.3 is 10.6 Å². The third-order valence-electron chi connectivity index (χ3n) is 3.24. The Hall–Kier alpha value is -0.740. The van der Waals surface area contributed by atoms with E-state index in [2.05, 4.69) is 25.1 Å². The lowest BCUT2D eigenvalue weighted by Crippen LogP contribution is -2.34. The van der Waals surface area contributed by atoms with E-state index in [1.807, 2.05) is 24.8 Å². The minimum Gasteiger partial charge on any atom is -0.371 e. The van der Waals surface area contributed by atoms with Gasteiger partial charge in [-0.1, -0.05) is 6.92 Å². The smallest absolute Gasteiger partial charge is 0.123 e. The second-order valence-electron chi connectivity index (χ2n) is 4.62. The summed E-state index contributed by atoms with van der Waals surface area (Å²) in [5, 5.41) is 0. The van der Waals surface area contributed by atoms with E-state index in [0.29, 0.717) is 6.04 Å². The zero-order valence-corrected chi connectivity index (χ0v) is 12.4. The van der Waals surface area contributed by atoms with Crippen LogP contribution in [0.15, 0.2) is 18.2 Å². The largest absolute Gasteiger partial charge is 0.371 e. The van der Waals surface area contributed by atoms with Gasteiger partial charge in [0.2, 0.25) is 0 Å². The number of nitrogens with two attached hydrogens (primary N) is 1.